The van der Waals surface area contributed by atoms with E-state index in [-0.39, 0.29) is 11.8 Å². The van der Waals surface area contributed by atoms with E-state index in [0.29, 0.717) is 12.8 Å². The number of likely N-dealkylation sites (N-methyl/N-ethyl adjacent to an activating group) is 1. The summed E-state index contributed by atoms with van der Waals surface area (Å²) >= 11 is 0. The lowest BCUT2D eigenvalue weighted by molar-refractivity contribution is -0.120. The first-order valence-corrected chi connectivity index (χ1v) is 7.92. The van der Waals surface area contributed by atoms with Gasteiger partial charge in [-0.05, 0) is 37.1 Å². The van der Waals surface area contributed by atoms with Crippen molar-refractivity contribution < 1.29 is 4.79 Å². The Morgan fingerprint density at radius 2 is 1.95 bits per heavy atom. The molecule has 1 unspecified atom stereocenters. The van der Waals surface area contributed by atoms with E-state index in [1.54, 1.807) is 0 Å². The first-order valence-electron chi connectivity index (χ1n) is 7.92. The van der Waals surface area contributed by atoms with E-state index in [9.17, 15) is 4.79 Å². The van der Waals surface area contributed by atoms with Gasteiger partial charge in [-0.1, -0.05) is 44.2 Å². The van der Waals surface area contributed by atoms with E-state index < -0.39 is 0 Å². The van der Waals surface area contributed by atoms with Crippen LogP contribution in [-0.4, -0.2) is 23.4 Å². The molecule has 0 aliphatic heterocycles. The minimum Gasteiger partial charge on any atom is -0.307 e. The molecule has 1 aromatic heterocycles. The molecule has 0 saturated heterocycles. The molecule has 0 aliphatic rings. The summed E-state index contributed by atoms with van der Waals surface area (Å²) in [6.45, 7) is 6.82. The highest BCUT2D eigenvalue weighted by Gasteiger charge is 2.16. The zero-order valence-electron chi connectivity index (χ0n) is 13.6. The van der Waals surface area contributed by atoms with Crippen molar-refractivity contribution in [3.05, 3.63) is 53.7 Å². The number of hydrogen-bond acceptors (Lipinski definition) is 3. The Kier molecular flexibility index (Phi) is 5.84. The van der Waals surface area contributed by atoms with Crippen molar-refractivity contribution in [3.63, 3.8) is 0 Å². The number of Topliss-reactive ketones (excluding diaryl/α,β-unsaturated/α-hetero) is 1. The predicted octanol–water partition coefficient (Wildman–Crippen LogP) is 3.56. The van der Waals surface area contributed by atoms with Crippen LogP contribution in [-0.2, 0) is 11.2 Å². The molecular formula is C19H24N2O. The summed E-state index contributed by atoms with van der Waals surface area (Å²) in [4.78, 5) is 16.5. The number of ketones is 1. The maximum Gasteiger partial charge on any atom is 0.149 e. The van der Waals surface area contributed by atoms with Crippen molar-refractivity contribution in [1.29, 1.82) is 0 Å². The molecular weight excluding hydrogens is 272 g/mol. The molecule has 0 radical (unpaired) electrons. The Labute approximate surface area is 132 Å². The molecule has 0 saturated carbocycles. The molecule has 1 N–H and O–H groups in total. The van der Waals surface area contributed by atoms with Gasteiger partial charge in [-0.25, -0.2) is 0 Å². The van der Waals surface area contributed by atoms with Crippen molar-refractivity contribution in [3.8, 4) is 11.3 Å². The summed E-state index contributed by atoms with van der Waals surface area (Å²) in [7, 11) is 0. The molecule has 22 heavy (non-hydrogen) atoms. The number of pyridine rings is 1. The molecule has 1 heterocycles. The van der Waals surface area contributed by atoms with E-state index >= 15 is 0 Å². The first kappa shape index (κ1) is 16.4. The molecule has 3 nitrogen and oxygen atoms in total. The number of nitrogens with zero attached hydrogens (tertiary/aromatic N) is 1. The second-order valence-corrected chi connectivity index (χ2v) is 5.50. The van der Waals surface area contributed by atoms with Crippen molar-refractivity contribution in [1.82, 2.24) is 10.3 Å². The van der Waals surface area contributed by atoms with Gasteiger partial charge in [-0.15, -0.1) is 0 Å². The molecule has 0 spiro atoms. The Morgan fingerprint density at radius 3 is 2.55 bits per heavy atom. The van der Waals surface area contributed by atoms with Gasteiger partial charge in [0.25, 0.3) is 0 Å². The van der Waals surface area contributed by atoms with Crippen LogP contribution < -0.4 is 5.32 Å². The molecule has 0 amide bonds. The lowest BCUT2D eigenvalue weighted by Gasteiger charge is -2.16. The fraction of sp³-hybridized carbons (Fsp3) is 0.368. The lowest BCUT2D eigenvalue weighted by Crippen LogP contribution is -2.38. The summed E-state index contributed by atoms with van der Waals surface area (Å²) in [6, 6.07) is 12.2. The van der Waals surface area contributed by atoms with Crippen LogP contribution in [0.25, 0.3) is 11.3 Å². The van der Waals surface area contributed by atoms with Crippen LogP contribution in [0, 0.1) is 6.92 Å². The minimum absolute atomic E-state index is 0.110. The quantitative estimate of drug-likeness (QED) is 0.849. The van der Waals surface area contributed by atoms with Gasteiger partial charge in [0.2, 0.25) is 0 Å². The predicted molar refractivity (Wildman–Crippen MR) is 90.9 cm³/mol. The minimum atomic E-state index is -0.110. The fourth-order valence-electron chi connectivity index (χ4n) is 2.59. The van der Waals surface area contributed by atoms with Crippen molar-refractivity contribution >= 4 is 5.78 Å². The Morgan fingerprint density at radius 1 is 1.18 bits per heavy atom. The molecule has 3 heteroatoms. The van der Waals surface area contributed by atoms with Crippen LogP contribution >= 0.6 is 0 Å². The van der Waals surface area contributed by atoms with Gasteiger partial charge in [0.15, 0.2) is 0 Å². The van der Waals surface area contributed by atoms with Gasteiger partial charge < -0.3 is 5.32 Å². The maximum absolute atomic E-state index is 12.0. The van der Waals surface area contributed by atoms with Crippen LogP contribution in [0.1, 0.15) is 31.4 Å². The number of benzene rings is 1. The third-order valence-electron chi connectivity index (χ3n) is 3.87. The fourth-order valence-corrected chi connectivity index (χ4v) is 2.59. The third kappa shape index (κ3) is 4.01. The van der Waals surface area contributed by atoms with E-state index in [1.165, 1.54) is 5.56 Å². The zero-order valence-corrected chi connectivity index (χ0v) is 13.6. The van der Waals surface area contributed by atoms with Crippen LogP contribution in [0.4, 0.5) is 0 Å². The van der Waals surface area contributed by atoms with Crippen LogP contribution in [0.5, 0.6) is 0 Å². The van der Waals surface area contributed by atoms with Gasteiger partial charge in [0, 0.05) is 18.2 Å². The van der Waals surface area contributed by atoms with Crippen LogP contribution in [0.2, 0.25) is 0 Å². The zero-order chi connectivity index (χ0) is 15.9. The maximum atomic E-state index is 12.0. The summed E-state index contributed by atoms with van der Waals surface area (Å²) in [5.41, 5.74) is 4.44. The van der Waals surface area contributed by atoms with Crippen LogP contribution in [0.3, 0.4) is 0 Å². The van der Waals surface area contributed by atoms with E-state index in [2.05, 4.69) is 35.4 Å². The van der Waals surface area contributed by atoms with Gasteiger partial charge in [-0.2, -0.15) is 0 Å². The summed E-state index contributed by atoms with van der Waals surface area (Å²) in [5, 5.41) is 3.26. The monoisotopic (exact) mass is 296 g/mol. The Balaban J connectivity index is 2.15. The lowest BCUT2D eigenvalue weighted by atomic mass is 10.0. The van der Waals surface area contributed by atoms with Gasteiger partial charge in [-0.3, -0.25) is 9.78 Å². The van der Waals surface area contributed by atoms with Crippen molar-refractivity contribution in [2.45, 2.75) is 39.7 Å². The number of nitrogens with one attached hydrogen (secondary N) is 1. The number of aryl methyl sites for hydroxylation is 1. The molecule has 2 rings (SSSR count). The Bertz CT molecular complexity index is 620. The van der Waals surface area contributed by atoms with E-state index in [4.69, 9.17) is 0 Å². The van der Waals surface area contributed by atoms with Gasteiger partial charge in [0.05, 0.1) is 11.7 Å². The highest BCUT2D eigenvalue weighted by molar-refractivity contribution is 5.84. The van der Waals surface area contributed by atoms with Crippen molar-refractivity contribution in [2.75, 3.05) is 6.54 Å². The summed E-state index contributed by atoms with van der Waals surface area (Å²) < 4.78 is 0. The summed E-state index contributed by atoms with van der Waals surface area (Å²) in [6.07, 6.45) is 3.14. The number of aromatic nitrogens is 1. The first-order chi connectivity index (χ1) is 10.7. The second-order valence-electron chi connectivity index (χ2n) is 5.50. The van der Waals surface area contributed by atoms with Gasteiger partial charge >= 0.3 is 0 Å². The smallest absolute Gasteiger partial charge is 0.149 e. The van der Waals surface area contributed by atoms with Gasteiger partial charge in [0.1, 0.15) is 5.78 Å². The molecule has 0 fully saturated rings. The standard InChI is InChI=1S/C19H24N2O/c1-4-19(22)18(20-5-2)12-15-10-11-17(21-13-15)16-9-7-6-8-14(16)3/h6-11,13,18,20H,4-5,12H2,1-3H3. The number of carbonyl (C=O) groups is 1. The van der Waals surface area contributed by atoms with E-state index in [0.717, 1.165) is 23.4 Å². The number of carbonyl (C=O) groups excluding carboxylic acids is 1. The molecule has 1 aromatic carbocycles. The molecule has 0 aliphatic carbocycles. The highest BCUT2D eigenvalue weighted by atomic mass is 16.1. The largest absolute Gasteiger partial charge is 0.307 e. The number of hydrogen-bond donors (Lipinski definition) is 1. The molecule has 116 valence electrons. The van der Waals surface area contributed by atoms with Crippen molar-refractivity contribution in [2.24, 2.45) is 0 Å². The Hall–Kier alpha value is -2.00. The number of rotatable bonds is 7. The van der Waals surface area contributed by atoms with E-state index in [1.807, 2.05) is 38.2 Å². The topological polar surface area (TPSA) is 42.0 Å². The highest BCUT2D eigenvalue weighted by Crippen LogP contribution is 2.21. The second kappa shape index (κ2) is 7.85. The molecule has 2 aromatic rings. The summed E-state index contributed by atoms with van der Waals surface area (Å²) in [5.74, 6) is 0.254. The average molecular weight is 296 g/mol. The SMILES string of the molecule is CCNC(Cc1ccc(-c2ccccc2C)nc1)C(=O)CC. The van der Waals surface area contributed by atoms with Crippen LogP contribution in [0.15, 0.2) is 42.6 Å². The third-order valence-corrected chi connectivity index (χ3v) is 3.87. The molecule has 1 atom stereocenters. The normalized spacial score (nSPS) is 12.1. The molecule has 0 bridgehead atoms. The average Bonchev–Trinajstić information content (AvgIpc) is 2.55.